The van der Waals surface area contributed by atoms with Crippen LogP contribution in [-0.2, 0) is 5.88 Å². The molecule has 0 saturated carbocycles. The quantitative estimate of drug-likeness (QED) is 0.343. The Kier molecular flexibility index (Phi) is 6.53. The molecule has 1 N–H and O–H groups in total. The Labute approximate surface area is 186 Å². The molecule has 30 heavy (non-hydrogen) atoms. The van der Waals surface area contributed by atoms with Crippen LogP contribution in [0.15, 0.2) is 85.3 Å². The molecule has 0 fully saturated rings. The third-order valence-electron chi connectivity index (χ3n) is 4.32. The van der Waals surface area contributed by atoms with Crippen molar-refractivity contribution in [1.82, 2.24) is 15.0 Å². The number of alkyl halides is 1. The van der Waals surface area contributed by atoms with Gasteiger partial charge < -0.3 is 0 Å². The van der Waals surface area contributed by atoms with Crippen molar-refractivity contribution in [3.8, 4) is 11.3 Å². The predicted octanol–water partition coefficient (Wildman–Crippen LogP) is 3.18. The van der Waals surface area contributed by atoms with Crippen LogP contribution in [0, 0.1) is 0 Å². The fourth-order valence-corrected chi connectivity index (χ4v) is 4.64. The monoisotopic (exact) mass is 475 g/mol. The molecule has 0 saturated heterocycles. The standard InChI is InChI=1S/C23H17AsClN4O/c25-14-16-3-5-17(6-4-16)22(30)28-20-9-7-19(8-10-20)24-23-27-13-11-21(29-23)18-2-1-12-26-15-18/h1-13,15H,14H2,(H,28,30). The molecule has 0 bridgehead atoms. The van der Waals surface area contributed by atoms with E-state index in [0.29, 0.717) is 11.4 Å². The average Bonchev–Trinajstić information content (AvgIpc) is 2.81. The Morgan fingerprint density at radius 3 is 2.47 bits per heavy atom. The summed E-state index contributed by atoms with van der Waals surface area (Å²) in [4.78, 5) is 25.6. The second-order valence-electron chi connectivity index (χ2n) is 6.43. The van der Waals surface area contributed by atoms with Crippen LogP contribution in [0.5, 0.6) is 0 Å². The predicted molar refractivity (Wildman–Crippen MR) is 121 cm³/mol. The normalized spacial score (nSPS) is 11.0. The second kappa shape index (κ2) is 9.66. The molecule has 0 unspecified atom stereocenters. The summed E-state index contributed by atoms with van der Waals surface area (Å²) in [6.07, 6.45) is 5.32. The molecule has 0 aliphatic carbocycles. The number of nitrogens with one attached hydrogen (secondary N) is 1. The number of halogens is 1. The molecule has 7 heteroatoms. The minimum atomic E-state index is -0.365. The van der Waals surface area contributed by atoms with Gasteiger partial charge in [-0.1, -0.05) is 0 Å². The van der Waals surface area contributed by atoms with E-state index in [1.807, 2.05) is 54.6 Å². The molecular weight excluding hydrogens is 459 g/mol. The van der Waals surface area contributed by atoms with Gasteiger partial charge in [-0.2, -0.15) is 0 Å². The van der Waals surface area contributed by atoms with Crippen molar-refractivity contribution >= 4 is 47.9 Å². The molecule has 1 radical (unpaired) electrons. The van der Waals surface area contributed by atoms with E-state index >= 15 is 0 Å². The van der Waals surface area contributed by atoms with Gasteiger partial charge in [0.05, 0.1) is 0 Å². The number of hydrogen-bond acceptors (Lipinski definition) is 4. The number of pyridine rings is 1. The van der Waals surface area contributed by atoms with Gasteiger partial charge in [-0.05, 0) is 0 Å². The Morgan fingerprint density at radius 1 is 0.967 bits per heavy atom. The van der Waals surface area contributed by atoms with Crippen LogP contribution in [0.2, 0.25) is 0 Å². The summed E-state index contributed by atoms with van der Waals surface area (Å²) in [5.74, 6) is 0.283. The van der Waals surface area contributed by atoms with E-state index in [4.69, 9.17) is 11.6 Å². The molecule has 2 aromatic carbocycles. The molecule has 147 valence electrons. The van der Waals surface area contributed by atoms with E-state index in [0.717, 1.165) is 31.5 Å². The zero-order valence-corrected chi connectivity index (χ0v) is 18.5. The molecule has 4 aromatic rings. The number of carbonyl (C=O) groups is 1. The number of nitrogens with zero attached hydrogens (tertiary/aromatic N) is 3. The fourth-order valence-electron chi connectivity index (χ4n) is 2.76. The van der Waals surface area contributed by atoms with E-state index in [-0.39, 0.29) is 21.7 Å². The first-order valence-electron chi connectivity index (χ1n) is 9.23. The number of carbonyl (C=O) groups excluding carboxylic acids is 1. The summed E-state index contributed by atoms with van der Waals surface area (Å²) < 4.78 is 1.97. The van der Waals surface area contributed by atoms with Gasteiger partial charge in [-0.25, -0.2) is 0 Å². The maximum atomic E-state index is 12.4. The number of amides is 1. The second-order valence-corrected chi connectivity index (χ2v) is 9.09. The van der Waals surface area contributed by atoms with E-state index < -0.39 is 0 Å². The van der Waals surface area contributed by atoms with Crippen molar-refractivity contribution in [2.24, 2.45) is 0 Å². The Bertz CT molecular complexity index is 1140. The van der Waals surface area contributed by atoms with Crippen molar-refractivity contribution in [3.05, 3.63) is 96.4 Å². The zero-order chi connectivity index (χ0) is 20.8. The molecular formula is C23H17AsClN4O. The number of anilines is 1. The summed E-state index contributed by atoms with van der Waals surface area (Å²) in [6.45, 7) is 0. The Morgan fingerprint density at radius 2 is 1.77 bits per heavy atom. The Hall–Kier alpha value is -3.01. The fraction of sp³-hybridized carbons (Fsp3) is 0.0435. The molecule has 0 aliphatic rings. The van der Waals surface area contributed by atoms with E-state index in [2.05, 4.69) is 20.3 Å². The minimum absolute atomic E-state index is 0.148. The zero-order valence-electron chi connectivity index (χ0n) is 15.9. The van der Waals surface area contributed by atoms with Crippen LogP contribution in [0.3, 0.4) is 0 Å². The molecule has 0 atom stereocenters. The maximum absolute atomic E-state index is 12.4. The first-order valence-corrected chi connectivity index (χ1v) is 11.6. The van der Waals surface area contributed by atoms with Crippen LogP contribution in [-0.4, -0.2) is 36.6 Å². The average molecular weight is 476 g/mol. The first kappa shape index (κ1) is 20.3. The molecule has 0 spiro atoms. The van der Waals surface area contributed by atoms with Gasteiger partial charge in [-0.3, -0.25) is 0 Å². The number of aromatic nitrogens is 3. The summed E-state index contributed by atoms with van der Waals surface area (Å²) in [7, 11) is 0. The van der Waals surface area contributed by atoms with E-state index in [1.165, 1.54) is 0 Å². The molecule has 2 heterocycles. The van der Waals surface area contributed by atoms with Crippen LogP contribution >= 0.6 is 11.6 Å². The van der Waals surface area contributed by atoms with Crippen molar-refractivity contribution < 1.29 is 4.79 Å². The van der Waals surface area contributed by atoms with Crippen LogP contribution < -0.4 is 14.3 Å². The molecule has 1 amide bonds. The topological polar surface area (TPSA) is 67.8 Å². The van der Waals surface area contributed by atoms with Crippen LogP contribution in [0.4, 0.5) is 5.69 Å². The number of hydrogen-bond donors (Lipinski definition) is 1. The molecule has 0 aliphatic heterocycles. The van der Waals surface area contributed by atoms with Gasteiger partial charge in [0.1, 0.15) is 0 Å². The van der Waals surface area contributed by atoms with Crippen molar-refractivity contribution in [3.63, 3.8) is 0 Å². The third kappa shape index (κ3) is 5.12. The van der Waals surface area contributed by atoms with Gasteiger partial charge in [-0.15, -0.1) is 0 Å². The SMILES string of the molecule is O=C(Nc1ccc([As]c2nccc(-c3cccnc3)n2)cc1)c1ccc(CCl)cc1. The molecule has 2 aromatic heterocycles. The van der Waals surface area contributed by atoms with Gasteiger partial charge >= 0.3 is 187 Å². The van der Waals surface area contributed by atoms with Gasteiger partial charge in [0, 0.05) is 0 Å². The third-order valence-corrected chi connectivity index (χ3v) is 6.67. The first-order chi connectivity index (χ1) is 14.7. The van der Waals surface area contributed by atoms with E-state index in [9.17, 15) is 4.79 Å². The summed E-state index contributed by atoms with van der Waals surface area (Å²) >= 11 is 5.43. The summed E-state index contributed by atoms with van der Waals surface area (Å²) in [5.41, 5.74) is 4.17. The van der Waals surface area contributed by atoms with Crippen LogP contribution in [0.25, 0.3) is 11.3 Å². The molecule has 5 nitrogen and oxygen atoms in total. The van der Waals surface area contributed by atoms with Crippen LogP contribution in [0.1, 0.15) is 15.9 Å². The Balaban J connectivity index is 1.42. The number of rotatable bonds is 6. The van der Waals surface area contributed by atoms with Crippen molar-refractivity contribution in [1.29, 1.82) is 0 Å². The van der Waals surface area contributed by atoms with Crippen molar-refractivity contribution in [2.75, 3.05) is 5.32 Å². The van der Waals surface area contributed by atoms with E-state index in [1.54, 1.807) is 30.7 Å². The summed E-state index contributed by atoms with van der Waals surface area (Å²) in [6, 6.07) is 20.8. The summed E-state index contributed by atoms with van der Waals surface area (Å²) in [5, 5.41) is 2.92. The van der Waals surface area contributed by atoms with Gasteiger partial charge in [0.25, 0.3) is 0 Å². The van der Waals surface area contributed by atoms with Gasteiger partial charge in [0.15, 0.2) is 0 Å². The number of benzene rings is 2. The van der Waals surface area contributed by atoms with Gasteiger partial charge in [0.2, 0.25) is 0 Å². The van der Waals surface area contributed by atoms with Crippen molar-refractivity contribution in [2.45, 2.75) is 5.88 Å². The molecule has 4 rings (SSSR count).